The van der Waals surface area contributed by atoms with Gasteiger partial charge in [-0.3, -0.25) is 4.90 Å². The number of rotatable bonds is 12. The largest absolute Gasteiger partial charge is 0.512 e. The summed E-state index contributed by atoms with van der Waals surface area (Å²) in [5, 5.41) is 11.3. The number of anilines is 1. The Morgan fingerprint density at radius 2 is 1.83 bits per heavy atom. The maximum Gasteiger partial charge on any atom is 0.253 e. The van der Waals surface area contributed by atoms with E-state index in [0.29, 0.717) is 27.8 Å². The molecule has 0 aromatic carbocycles. The number of aliphatic hydroxyl groups is 1. The molecule has 248 valence electrons. The van der Waals surface area contributed by atoms with E-state index in [1.165, 1.54) is 45.1 Å². The molecule has 0 radical (unpaired) electrons. The van der Waals surface area contributed by atoms with Crippen molar-refractivity contribution in [1.82, 2.24) is 24.4 Å². The molecule has 2 unspecified atom stereocenters. The third-order valence-corrected chi connectivity index (χ3v) is 10.3. The van der Waals surface area contributed by atoms with Crippen LogP contribution in [-0.4, -0.2) is 68.2 Å². The summed E-state index contributed by atoms with van der Waals surface area (Å²) in [6, 6.07) is 4.14. The van der Waals surface area contributed by atoms with Crippen molar-refractivity contribution in [3.63, 3.8) is 0 Å². The van der Waals surface area contributed by atoms with Crippen molar-refractivity contribution in [2.75, 3.05) is 37.6 Å². The molecule has 2 fully saturated rings. The van der Waals surface area contributed by atoms with Crippen LogP contribution in [-0.2, 0) is 4.79 Å². The highest BCUT2D eigenvalue weighted by atomic mass is 16.3. The van der Waals surface area contributed by atoms with Crippen LogP contribution in [0.2, 0.25) is 0 Å². The van der Waals surface area contributed by atoms with E-state index in [4.69, 9.17) is 4.98 Å². The molecule has 4 heterocycles. The maximum absolute atomic E-state index is 12.3. The van der Waals surface area contributed by atoms with E-state index in [9.17, 15) is 9.90 Å². The predicted molar refractivity (Wildman–Crippen MR) is 184 cm³/mol. The summed E-state index contributed by atoms with van der Waals surface area (Å²) in [6.45, 7) is 15.9. The highest BCUT2D eigenvalue weighted by molar-refractivity contribution is 5.64. The van der Waals surface area contributed by atoms with Gasteiger partial charge in [-0.15, -0.1) is 0 Å². The predicted octanol–water partition coefficient (Wildman–Crippen LogP) is 5.38. The molecule has 1 saturated carbocycles. The van der Waals surface area contributed by atoms with Gasteiger partial charge in [0, 0.05) is 50.5 Å². The Kier molecular flexibility index (Phi) is 11.6. The zero-order chi connectivity index (χ0) is 32.6. The highest BCUT2D eigenvalue weighted by Gasteiger charge is 2.25. The summed E-state index contributed by atoms with van der Waals surface area (Å²) in [7, 11) is 0. The van der Waals surface area contributed by atoms with Crippen molar-refractivity contribution in [2.45, 2.75) is 105 Å². The van der Waals surface area contributed by atoms with Crippen LogP contribution in [0.3, 0.4) is 0 Å². The Balaban J connectivity index is 1.31. The minimum absolute atomic E-state index is 0.0946. The van der Waals surface area contributed by atoms with E-state index in [0.717, 1.165) is 80.5 Å². The van der Waals surface area contributed by atoms with Gasteiger partial charge >= 0.3 is 0 Å². The van der Waals surface area contributed by atoms with Gasteiger partial charge in [0.1, 0.15) is 11.2 Å². The lowest BCUT2D eigenvalue weighted by Crippen LogP contribution is -2.47. The maximum atomic E-state index is 12.3. The fourth-order valence-corrected chi connectivity index (χ4v) is 7.30. The van der Waals surface area contributed by atoms with Crippen molar-refractivity contribution in [2.24, 2.45) is 16.8 Å². The van der Waals surface area contributed by atoms with Gasteiger partial charge in [0.05, 0.1) is 22.9 Å². The number of aromatic nitrogens is 4. The Labute approximate surface area is 274 Å². The van der Waals surface area contributed by atoms with Gasteiger partial charge in [0.15, 0.2) is 11.8 Å². The van der Waals surface area contributed by atoms with Gasteiger partial charge in [-0.2, -0.15) is 9.98 Å². The van der Waals surface area contributed by atoms with E-state index >= 15 is 0 Å². The first-order chi connectivity index (χ1) is 22.3. The molecule has 9 heteroatoms. The number of pyridine rings is 2. The van der Waals surface area contributed by atoms with Crippen LogP contribution in [0.5, 0.6) is 0 Å². The molecule has 4 aliphatic rings. The number of aliphatic hydroxyl groups excluding tert-OH is 1. The SMILES string of the molecule is CCCCC(CCC(C)CC)CN1CCN(c2ccc(N=c3ncc4c(C)/c(=C(/C)O)c(=C=O)n(C5CCCC5)c-4n3)nc2)CC1. The lowest BCUT2D eigenvalue weighted by atomic mass is 9.91. The van der Waals surface area contributed by atoms with Gasteiger partial charge in [0.25, 0.3) is 5.62 Å². The average molecular weight is 628 g/mol. The minimum Gasteiger partial charge on any atom is -0.512 e. The van der Waals surface area contributed by atoms with E-state index < -0.39 is 0 Å². The van der Waals surface area contributed by atoms with Crippen molar-refractivity contribution in [3.8, 4) is 11.4 Å². The van der Waals surface area contributed by atoms with E-state index in [-0.39, 0.29) is 11.8 Å². The van der Waals surface area contributed by atoms with Gasteiger partial charge in [-0.25, -0.2) is 14.8 Å². The van der Waals surface area contributed by atoms with Gasteiger partial charge in [-0.05, 0) is 69.1 Å². The number of fused-ring (bicyclic) bond motifs is 1. The molecule has 1 saturated heterocycles. The van der Waals surface area contributed by atoms with Crippen LogP contribution < -0.4 is 21.1 Å². The van der Waals surface area contributed by atoms with E-state index in [1.54, 1.807) is 13.1 Å². The first-order valence-corrected chi connectivity index (χ1v) is 17.6. The number of unbranched alkanes of at least 4 members (excludes halogenated alkanes) is 1. The molecule has 3 aliphatic heterocycles. The normalized spacial score (nSPS) is 18.6. The van der Waals surface area contributed by atoms with Crippen LogP contribution in [0.1, 0.15) is 104 Å². The van der Waals surface area contributed by atoms with Gasteiger partial charge < -0.3 is 14.6 Å². The zero-order valence-electron chi connectivity index (χ0n) is 28.6. The molecule has 1 aromatic heterocycles. The topological polar surface area (TPSA) is 99.7 Å². The number of nitrogens with zero attached hydrogens (tertiary/aromatic N) is 7. The highest BCUT2D eigenvalue weighted by Crippen LogP contribution is 2.32. The molecule has 1 aliphatic carbocycles. The van der Waals surface area contributed by atoms with Crippen LogP contribution in [0.25, 0.3) is 17.1 Å². The number of hydrogen-bond acceptors (Lipinski definition) is 8. The molecule has 1 aromatic rings. The average Bonchev–Trinajstić information content (AvgIpc) is 3.60. The third-order valence-electron chi connectivity index (χ3n) is 10.3. The smallest absolute Gasteiger partial charge is 0.253 e. The second-order valence-electron chi connectivity index (χ2n) is 13.6. The fourth-order valence-electron chi connectivity index (χ4n) is 7.30. The molecule has 46 heavy (non-hydrogen) atoms. The first-order valence-electron chi connectivity index (χ1n) is 17.6. The van der Waals surface area contributed by atoms with Crippen LogP contribution in [0, 0.1) is 18.8 Å². The number of carbonyl (C=O) groups excluding carboxylic acids is 1. The van der Waals surface area contributed by atoms with Gasteiger partial charge in [-0.1, -0.05) is 59.3 Å². The van der Waals surface area contributed by atoms with E-state index in [1.807, 2.05) is 23.8 Å². The second kappa shape index (κ2) is 15.8. The third kappa shape index (κ3) is 7.87. The molecular formula is C37H53N7O2. The number of piperazine rings is 1. The molecule has 2 atom stereocenters. The van der Waals surface area contributed by atoms with Crippen molar-refractivity contribution in [3.05, 3.63) is 46.3 Å². The summed E-state index contributed by atoms with van der Waals surface area (Å²) in [5.74, 6) is 5.03. The van der Waals surface area contributed by atoms with Gasteiger partial charge in [0.2, 0.25) is 0 Å². The van der Waals surface area contributed by atoms with Crippen molar-refractivity contribution in [1.29, 1.82) is 0 Å². The Morgan fingerprint density at radius 3 is 2.46 bits per heavy atom. The van der Waals surface area contributed by atoms with Crippen molar-refractivity contribution >= 4 is 23.2 Å². The summed E-state index contributed by atoms with van der Waals surface area (Å²) >= 11 is 0. The summed E-state index contributed by atoms with van der Waals surface area (Å²) in [4.78, 5) is 36.0. The first kappa shape index (κ1) is 33.8. The lowest BCUT2D eigenvalue weighted by molar-refractivity contribution is 0.199. The van der Waals surface area contributed by atoms with Crippen molar-refractivity contribution < 1.29 is 9.90 Å². The Bertz CT molecular complexity index is 1630. The molecule has 0 spiro atoms. The molecular weight excluding hydrogens is 574 g/mol. The second-order valence-corrected chi connectivity index (χ2v) is 13.6. The quantitative estimate of drug-likeness (QED) is 0.288. The summed E-state index contributed by atoms with van der Waals surface area (Å²) < 4.78 is 1.95. The molecule has 0 bridgehead atoms. The lowest BCUT2D eigenvalue weighted by Gasteiger charge is -2.37. The molecule has 5 rings (SSSR count). The standard InChI is InChI=1S/C37H53N7O2/c1-6-8-11-29(15-14-26(3)7-2)24-42-18-20-43(21-19-42)31-16-17-34(38-22-31)40-37-39-23-32-27(4)35(28(5)46)33(25-45)44(36(32)41-37)30-12-9-10-13-30/h16-17,22-23,26,29-30,46H,6-15,18-21,24H2,1-5H3/b35-28+,40-37?. The fraction of sp³-hybridized carbons (Fsp3) is 0.622. The summed E-state index contributed by atoms with van der Waals surface area (Å²) in [5.41, 5.74) is 2.97. The number of hydrogen-bond donors (Lipinski definition) is 1. The minimum atomic E-state index is 0.0946. The van der Waals surface area contributed by atoms with Crippen LogP contribution in [0.4, 0.5) is 11.5 Å². The monoisotopic (exact) mass is 627 g/mol. The van der Waals surface area contributed by atoms with E-state index in [2.05, 4.69) is 57.5 Å². The zero-order valence-corrected chi connectivity index (χ0v) is 28.6. The summed E-state index contributed by atoms with van der Waals surface area (Å²) in [6.07, 6.45) is 15.7. The molecule has 9 nitrogen and oxygen atoms in total. The molecule has 0 amide bonds. The Hall–Kier alpha value is -3.55. The molecule has 1 N–H and O–H groups in total. The Morgan fingerprint density at radius 1 is 1.07 bits per heavy atom. The van der Waals surface area contributed by atoms with Crippen LogP contribution >= 0.6 is 0 Å². The van der Waals surface area contributed by atoms with Crippen LogP contribution in [0.15, 0.2) is 29.5 Å².